The number of hydrogen-bond donors (Lipinski definition) is 0. The molecule has 3 heteroatoms. The smallest absolute Gasteiger partial charge is 0.164 e. The van der Waals surface area contributed by atoms with Gasteiger partial charge < -0.3 is 0 Å². The fourth-order valence-corrected chi connectivity index (χ4v) is 5.72. The van der Waals surface area contributed by atoms with Crippen LogP contribution < -0.4 is 0 Å². The summed E-state index contributed by atoms with van der Waals surface area (Å²) >= 11 is 0. The second kappa shape index (κ2) is 9.11. The monoisotopic (exact) mass is 509 g/mol. The molecule has 40 heavy (non-hydrogen) atoms. The predicted molar refractivity (Wildman–Crippen MR) is 166 cm³/mol. The zero-order chi connectivity index (χ0) is 26.5. The summed E-state index contributed by atoms with van der Waals surface area (Å²) in [6.07, 6.45) is 0. The van der Waals surface area contributed by atoms with Crippen LogP contribution in [0.1, 0.15) is 0 Å². The fraction of sp³-hybridized carbons (Fsp3) is 0. The Morgan fingerprint density at radius 1 is 0.275 bits per heavy atom. The normalized spacial score (nSPS) is 11.5. The number of rotatable bonds is 3. The highest BCUT2D eigenvalue weighted by atomic mass is 15.0. The fourth-order valence-electron chi connectivity index (χ4n) is 5.72. The van der Waals surface area contributed by atoms with Gasteiger partial charge in [0.1, 0.15) is 0 Å². The summed E-state index contributed by atoms with van der Waals surface area (Å²) in [7, 11) is 0. The molecule has 0 spiro atoms. The predicted octanol–water partition coefficient (Wildman–Crippen LogP) is 9.49. The molecule has 8 rings (SSSR count). The minimum absolute atomic E-state index is 0.666. The molecule has 8 aromatic rings. The van der Waals surface area contributed by atoms with Gasteiger partial charge in [0.25, 0.3) is 0 Å². The molecule has 0 atom stereocenters. The van der Waals surface area contributed by atoms with E-state index in [0.717, 1.165) is 22.1 Å². The molecule has 0 aliphatic rings. The first kappa shape index (κ1) is 22.6. The van der Waals surface area contributed by atoms with Crippen molar-refractivity contribution in [1.29, 1.82) is 0 Å². The standard InChI is InChI=1S/C37H23N3/c1-3-10-25(11-4-1)35-38-36(26-12-5-2-6-13-26)40-37(39-35)28-17-18-30-27(23-28)16-20-34-32(30)22-21-31-29-14-8-7-9-24(29)15-19-33(31)34/h1-23H. The van der Waals surface area contributed by atoms with Crippen LogP contribution in [0.5, 0.6) is 0 Å². The molecule has 3 nitrogen and oxygen atoms in total. The van der Waals surface area contributed by atoms with Crippen molar-refractivity contribution in [2.75, 3.05) is 0 Å². The van der Waals surface area contributed by atoms with E-state index in [1.54, 1.807) is 0 Å². The molecule has 0 amide bonds. The average Bonchev–Trinajstić information content (AvgIpc) is 3.04. The molecule has 0 N–H and O–H groups in total. The topological polar surface area (TPSA) is 38.7 Å². The molecule has 7 aromatic carbocycles. The zero-order valence-corrected chi connectivity index (χ0v) is 21.6. The van der Waals surface area contributed by atoms with E-state index >= 15 is 0 Å². The third-order valence-electron chi connectivity index (χ3n) is 7.70. The van der Waals surface area contributed by atoms with E-state index in [0.29, 0.717) is 17.5 Å². The molecule has 0 saturated heterocycles. The van der Waals surface area contributed by atoms with Gasteiger partial charge in [0.05, 0.1) is 0 Å². The van der Waals surface area contributed by atoms with Gasteiger partial charge in [0, 0.05) is 16.7 Å². The van der Waals surface area contributed by atoms with Gasteiger partial charge in [-0.25, -0.2) is 15.0 Å². The SMILES string of the molecule is c1ccc(-c2nc(-c3ccccc3)nc(-c3ccc4c(ccc5c4ccc4c6ccccc6ccc45)c3)n2)cc1. The van der Waals surface area contributed by atoms with Crippen LogP contribution in [0.3, 0.4) is 0 Å². The first-order chi connectivity index (χ1) is 19.8. The van der Waals surface area contributed by atoms with E-state index in [4.69, 9.17) is 15.0 Å². The summed E-state index contributed by atoms with van der Waals surface area (Å²) < 4.78 is 0. The van der Waals surface area contributed by atoms with Crippen molar-refractivity contribution in [3.8, 4) is 34.2 Å². The summed E-state index contributed by atoms with van der Waals surface area (Å²) in [4.78, 5) is 14.7. The molecular weight excluding hydrogens is 486 g/mol. The van der Waals surface area contributed by atoms with Gasteiger partial charge in [-0.05, 0) is 49.2 Å². The second-order valence-corrected chi connectivity index (χ2v) is 10.1. The van der Waals surface area contributed by atoms with Crippen LogP contribution in [0.15, 0.2) is 140 Å². The van der Waals surface area contributed by atoms with Crippen molar-refractivity contribution in [1.82, 2.24) is 15.0 Å². The van der Waals surface area contributed by atoms with Crippen LogP contribution in [0.4, 0.5) is 0 Å². The molecule has 186 valence electrons. The number of aromatic nitrogens is 3. The van der Waals surface area contributed by atoms with E-state index in [9.17, 15) is 0 Å². The quantitative estimate of drug-likeness (QED) is 0.223. The summed E-state index contributed by atoms with van der Waals surface area (Å²) in [5.41, 5.74) is 2.90. The number of nitrogens with zero attached hydrogens (tertiary/aromatic N) is 3. The minimum atomic E-state index is 0.666. The van der Waals surface area contributed by atoms with Crippen LogP contribution in [-0.4, -0.2) is 15.0 Å². The Balaban J connectivity index is 1.31. The number of fused-ring (bicyclic) bond motifs is 7. The van der Waals surface area contributed by atoms with Crippen LogP contribution >= 0.6 is 0 Å². The molecule has 0 aliphatic carbocycles. The van der Waals surface area contributed by atoms with Crippen molar-refractivity contribution in [3.63, 3.8) is 0 Å². The Morgan fingerprint density at radius 2 is 0.700 bits per heavy atom. The third kappa shape index (κ3) is 3.71. The van der Waals surface area contributed by atoms with Crippen LogP contribution in [0.2, 0.25) is 0 Å². The van der Waals surface area contributed by atoms with Crippen LogP contribution in [0.25, 0.3) is 77.3 Å². The highest BCUT2D eigenvalue weighted by Crippen LogP contribution is 2.36. The van der Waals surface area contributed by atoms with Crippen LogP contribution in [-0.2, 0) is 0 Å². The summed E-state index contributed by atoms with van der Waals surface area (Å²) in [5.74, 6) is 2.00. The number of benzene rings is 7. The van der Waals surface area contributed by atoms with Crippen molar-refractivity contribution >= 4 is 43.1 Å². The van der Waals surface area contributed by atoms with E-state index in [1.165, 1.54) is 37.7 Å². The Hall–Kier alpha value is -5.41. The Bertz CT molecular complexity index is 2150. The lowest BCUT2D eigenvalue weighted by atomic mass is 9.94. The average molecular weight is 510 g/mol. The van der Waals surface area contributed by atoms with Gasteiger partial charge in [-0.1, -0.05) is 133 Å². The second-order valence-electron chi connectivity index (χ2n) is 10.1. The molecule has 0 radical (unpaired) electrons. The first-order valence-corrected chi connectivity index (χ1v) is 13.5. The molecule has 1 heterocycles. The van der Waals surface area contributed by atoms with E-state index in [-0.39, 0.29) is 0 Å². The van der Waals surface area contributed by atoms with Gasteiger partial charge in [-0.15, -0.1) is 0 Å². The third-order valence-corrected chi connectivity index (χ3v) is 7.70. The van der Waals surface area contributed by atoms with Gasteiger partial charge in [-0.2, -0.15) is 0 Å². The van der Waals surface area contributed by atoms with Crippen LogP contribution in [0, 0.1) is 0 Å². The minimum Gasteiger partial charge on any atom is -0.208 e. The molecule has 0 saturated carbocycles. The van der Waals surface area contributed by atoms with E-state index in [1.807, 2.05) is 60.7 Å². The zero-order valence-electron chi connectivity index (χ0n) is 21.6. The maximum atomic E-state index is 4.92. The van der Waals surface area contributed by atoms with Gasteiger partial charge in [0.15, 0.2) is 17.5 Å². The van der Waals surface area contributed by atoms with Crippen molar-refractivity contribution in [2.45, 2.75) is 0 Å². The Labute approximate surface area is 231 Å². The molecule has 0 bridgehead atoms. The number of hydrogen-bond acceptors (Lipinski definition) is 3. The summed E-state index contributed by atoms with van der Waals surface area (Å²) in [6, 6.07) is 48.8. The van der Waals surface area contributed by atoms with Gasteiger partial charge >= 0.3 is 0 Å². The largest absolute Gasteiger partial charge is 0.208 e. The molecule has 0 aliphatic heterocycles. The first-order valence-electron chi connectivity index (χ1n) is 13.5. The lowest BCUT2D eigenvalue weighted by Crippen LogP contribution is -2.00. The van der Waals surface area contributed by atoms with Crippen molar-refractivity contribution in [3.05, 3.63) is 140 Å². The van der Waals surface area contributed by atoms with Gasteiger partial charge in [-0.3, -0.25) is 0 Å². The van der Waals surface area contributed by atoms with E-state index < -0.39 is 0 Å². The lowest BCUT2D eigenvalue weighted by Gasteiger charge is -2.11. The van der Waals surface area contributed by atoms with Crippen molar-refractivity contribution < 1.29 is 0 Å². The molecule has 0 fully saturated rings. The van der Waals surface area contributed by atoms with Gasteiger partial charge in [0.2, 0.25) is 0 Å². The maximum absolute atomic E-state index is 4.92. The Morgan fingerprint density at radius 3 is 1.32 bits per heavy atom. The highest BCUT2D eigenvalue weighted by molar-refractivity contribution is 6.22. The summed E-state index contributed by atoms with van der Waals surface area (Å²) in [5, 5.41) is 10.0. The van der Waals surface area contributed by atoms with Crippen molar-refractivity contribution in [2.24, 2.45) is 0 Å². The molecular formula is C37H23N3. The van der Waals surface area contributed by atoms with E-state index in [2.05, 4.69) is 78.9 Å². The summed E-state index contributed by atoms with van der Waals surface area (Å²) in [6.45, 7) is 0. The lowest BCUT2D eigenvalue weighted by molar-refractivity contribution is 1.07. The molecule has 1 aromatic heterocycles. The maximum Gasteiger partial charge on any atom is 0.164 e. The Kier molecular flexibility index (Phi) is 5.14. The highest BCUT2D eigenvalue weighted by Gasteiger charge is 2.13. The molecule has 0 unspecified atom stereocenters.